The molecule has 2 unspecified atom stereocenters. The number of allylic oxidation sites excluding steroid dienone is 1. The van der Waals surface area contributed by atoms with Gasteiger partial charge in [0, 0.05) is 74.1 Å². The smallest absolute Gasteiger partial charge is 0.160 e. The first-order valence-corrected chi connectivity index (χ1v) is 11.7. The average Bonchev–Trinajstić information content (AvgIpc) is 3.29. The van der Waals surface area contributed by atoms with E-state index in [1.807, 2.05) is 47.3 Å². The van der Waals surface area contributed by atoms with Gasteiger partial charge in [0.2, 0.25) is 0 Å². The van der Waals surface area contributed by atoms with Crippen LogP contribution >= 0.6 is 0 Å². The van der Waals surface area contributed by atoms with Gasteiger partial charge in [-0.1, -0.05) is 24.0 Å². The second-order valence-corrected chi connectivity index (χ2v) is 8.75. The first-order chi connectivity index (χ1) is 17.4. The molecule has 1 saturated heterocycles. The number of anilines is 2. The molecule has 0 aliphatic carbocycles. The maximum Gasteiger partial charge on any atom is 0.160 e. The van der Waals surface area contributed by atoms with Crippen LogP contribution in [0.5, 0.6) is 0 Å². The number of ether oxygens (including phenoxy) is 1. The van der Waals surface area contributed by atoms with Gasteiger partial charge in [-0.05, 0) is 31.5 Å². The van der Waals surface area contributed by atoms with Crippen molar-refractivity contribution in [2.24, 2.45) is 4.99 Å². The number of aliphatic hydroxyl groups excluding tert-OH is 1. The van der Waals surface area contributed by atoms with Gasteiger partial charge in [-0.15, -0.1) is 0 Å². The zero-order chi connectivity index (χ0) is 25.7. The van der Waals surface area contributed by atoms with Crippen molar-refractivity contribution in [3.05, 3.63) is 60.3 Å². The van der Waals surface area contributed by atoms with Gasteiger partial charge in [0.15, 0.2) is 5.65 Å². The number of hydrogen-bond acceptors (Lipinski definition) is 8. The van der Waals surface area contributed by atoms with Gasteiger partial charge in [-0.3, -0.25) is 4.90 Å². The van der Waals surface area contributed by atoms with Crippen molar-refractivity contribution in [1.82, 2.24) is 14.3 Å². The van der Waals surface area contributed by atoms with Crippen molar-refractivity contribution in [2.45, 2.75) is 25.5 Å². The number of benzene rings is 1. The summed E-state index contributed by atoms with van der Waals surface area (Å²) < 4.78 is 7.65. The number of nitrogens with zero attached hydrogens (tertiary/aromatic N) is 4. The molecular formula is C27H31N7O2. The van der Waals surface area contributed by atoms with Crippen molar-refractivity contribution in [3.63, 3.8) is 0 Å². The van der Waals surface area contributed by atoms with Crippen LogP contribution in [0.2, 0.25) is 0 Å². The summed E-state index contributed by atoms with van der Waals surface area (Å²) in [6, 6.07) is 7.72. The van der Waals surface area contributed by atoms with Crippen molar-refractivity contribution < 1.29 is 9.84 Å². The zero-order valence-electron chi connectivity index (χ0n) is 20.7. The van der Waals surface area contributed by atoms with Gasteiger partial charge in [-0.25, -0.2) is 9.98 Å². The van der Waals surface area contributed by atoms with Crippen LogP contribution in [0.4, 0.5) is 11.4 Å². The highest BCUT2D eigenvalue weighted by molar-refractivity contribution is 5.88. The molecular weight excluding hydrogens is 454 g/mol. The number of aliphatic hydroxyl groups is 1. The zero-order valence-corrected chi connectivity index (χ0v) is 20.7. The Bertz CT molecular complexity index is 1380. The Morgan fingerprint density at radius 2 is 2.14 bits per heavy atom. The van der Waals surface area contributed by atoms with Crippen LogP contribution < -0.4 is 11.1 Å². The third-order valence-electron chi connectivity index (χ3n) is 6.21. The summed E-state index contributed by atoms with van der Waals surface area (Å²) in [5.41, 5.74) is 10.4. The summed E-state index contributed by atoms with van der Waals surface area (Å²) in [6.45, 7) is 6.50. The topological polar surface area (TPSA) is 124 Å². The minimum absolute atomic E-state index is 0.174. The number of aromatic nitrogens is 2. The molecule has 4 heterocycles. The lowest BCUT2D eigenvalue weighted by Crippen LogP contribution is -2.54. The van der Waals surface area contributed by atoms with E-state index in [1.54, 1.807) is 12.3 Å². The summed E-state index contributed by atoms with van der Waals surface area (Å²) in [6.07, 6.45) is 10.8. The molecule has 2 aliphatic heterocycles. The van der Waals surface area contributed by atoms with E-state index in [2.05, 4.69) is 40.9 Å². The standard InChI is InChI=1S/C26H27N7O.CH4O/c1-18-15-33(10-11-34-18)26(2)7-3-4-24(30-17-26)31-23-13-21(16-32-9-8-29-25(23)32)19-5-6-20(14-27)22(28)12-19;1-2/h4-6,8-9,12-14,16-18,27,31H,10-11,15,28H2,1-2H3;2H,1H3. The Labute approximate surface area is 210 Å². The predicted molar refractivity (Wildman–Crippen MR) is 144 cm³/mol. The third-order valence-corrected chi connectivity index (χ3v) is 6.21. The number of pyridine rings is 1. The van der Waals surface area contributed by atoms with Gasteiger partial charge in [0.05, 0.1) is 18.4 Å². The number of morpholine rings is 1. The van der Waals surface area contributed by atoms with Gasteiger partial charge < -0.3 is 30.7 Å². The van der Waals surface area contributed by atoms with Gasteiger partial charge in [0.1, 0.15) is 11.4 Å². The second kappa shape index (κ2) is 10.7. The monoisotopic (exact) mass is 485 g/mol. The minimum Gasteiger partial charge on any atom is -0.400 e. The Morgan fingerprint density at radius 1 is 1.31 bits per heavy atom. The molecule has 0 amide bonds. The number of rotatable bonds is 5. The molecule has 36 heavy (non-hydrogen) atoms. The average molecular weight is 486 g/mol. The van der Waals surface area contributed by atoms with Crippen LogP contribution in [0.15, 0.2) is 59.7 Å². The van der Waals surface area contributed by atoms with E-state index in [0.717, 1.165) is 42.7 Å². The normalized spacial score (nSPS) is 21.4. The fourth-order valence-electron chi connectivity index (χ4n) is 4.29. The predicted octanol–water partition coefficient (Wildman–Crippen LogP) is 3.01. The van der Waals surface area contributed by atoms with E-state index in [1.165, 1.54) is 6.21 Å². The lowest BCUT2D eigenvalue weighted by Gasteiger charge is -2.39. The highest BCUT2D eigenvalue weighted by atomic mass is 16.5. The van der Waals surface area contributed by atoms with Crippen molar-refractivity contribution in [2.75, 3.05) is 37.9 Å². The molecule has 2 atom stereocenters. The maximum atomic E-state index is 7.48. The molecule has 0 radical (unpaired) electrons. The van der Waals surface area contributed by atoms with Gasteiger partial charge >= 0.3 is 0 Å². The number of imidazole rings is 1. The molecule has 0 saturated carbocycles. The molecule has 0 spiro atoms. The van der Waals surface area contributed by atoms with E-state index in [9.17, 15) is 0 Å². The molecule has 3 aromatic rings. The quantitative estimate of drug-likeness (QED) is 0.250. The van der Waals surface area contributed by atoms with Crippen LogP contribution in [0.25, 0.3) is 16.8 Å². The fraction of sp³-hybridized carbons (Fsp3) is 0.296. The molecule has 5 rings (SSSR count). The molecule has 1 fully saturated rings. The van der Waals surface area contributed by atoms with E-state index < -0.39 is 5.54 Å². The molecule has 1 aromatic carbocycles. The fourth-order valence-corrected chi connectivity index (χ4v) is 4.29. The van der Waals surface area contributed by atoms with Crippen molar-refractivity contribution in [1.29, 1.82) is 5.41 Å². The maximum absolute atomic E-state index is 7.48. The van der Waals surface area contributed by atoms with E-state index in [4.69, 9.17) is 26.0 Å². The molecule has 2 aromatic heterocycles. The van der Waals surface area contributed by atoms with Crippen LogP contribution in [-0.2, 0) is 4.74 Å². The van der Waals surface area contributed by atoms with E-state index in [0.29, 0.717) is 23.7 Å². The Balaban J connectivity index is 0.00000148. The summed E-state index contributed by atoms with van der Waals surface area (Å²) in [5.74, 6) is 7.18. The SMILES string of the molecule is CC1CN(C2(C)C#CC=C(Nc3cc(-c4ccc(C=N)c(N)c4)cn4ccnc34)N=C2)CCO1.CO. The largest absolute Gasteiger partial charge is 0.400 e. The molecule has 5 N–H and O–H groups in total. The Kier molecular flexibility index (Phi) is 7.50. The molecule has 186 valence electrons. The van der Waals surface area contributed by atoms with Crippen LogP contribution in [0.3, 0.4) is 0 Å². The Morgan fingerprint density at radius 3 is 2.89 bits per heavy atom. The third kappa shape index (κ3) is 5.16. The van der Waals surface area contributed by atoms with Gasteiger partial charge in [-0.2, -0.15) is 0 Å². The summed E-state index contributed by atoms with van der Waals surface area (Å²) in [7, 11) is 1.00. The summed E-state index contributed by atoms with van der Waals surface area (Å²) >= 11 is 0. The highest BCUT2D eigenvalue weighted by Gasteiger charge is 2.32. The lowest BCUT2D eigenvalue weighted by molar-refractivity contribution is -0.0319. The first kappa shape index (κ1) is 25.1. The molecule has 0 bridgehead atoms. The number of nitrogen functional groups attached to an aromatic ring is 1. The van der Waals surface area contributed by atoms with Crippen molar-refractivity contribution >= 4 is 29.5 Å². The van der Waals surface area contributed by atoms with Crippen LogP contribution in [0, 0.1) is 17.3 Å². The highest BCUT2D eigenvalue weighted by Crippen LogP contribution is 2.29. The lowest BCUT2D eigenvalue weighted by atomic mass is 10.0. The minimum atomic E-state index is -0.462. The Hall–Kier alpha value is -3.97. The number of fused-ring (bicyclic) bond motifs is 1. The van der Waals surface area contributed by atoms with Crippen molar-refractivity contribution in [3.8, 4) is 23.0 Å². The summed E-state index contributed by atoms with van der Waals surface area (Å²) in [4.78, 5) is 11.6. The number of hydrogen-bond donors (Lipinski definition) is 4. The molecule has 2 aliphatic rings. The van der Waals surface area contributed by atoms with E-state index >= 15 is 0 Å². The van der Waals surface area contributed by atoms with Crippen LogP contribution in [-0.4, -0.2) is 70.3 Å². The first-order valence-electron chi connectivity index (χ1n) is 11.7. The number of aliphatic imine (C=N–C) groups is 1. The number of nitrogens with one attached hydrogen (secondary N) is 2. The van der Waals surface area contributed by atoms with Gasteiger partial charge in [0.25, 0.3) is 0 Å². The van der Waals surface area contributed by atoms with E-state index in [-0.39, 0.29) is 6.10 Å². The molecule has 9 nitrogen and oxygen atoms in total. The second-order valence-electron chi connectivity index (χ2n) is 8.75. The molecule has 9 heteroatoms. The van der Waals surface area contributed by atoms with Crippen LogP contribution in [0.1, 0.15) is 19.4 Å². The summed E-state index contributed by atoms with van der Waals surface area (Å²) in [5, 5.41) is 17.9. The number of nitrogens with two attached hydrogens (primary N) is 1.